The van der Waals surface area contributed by atoms with E-state index in [1.54, 1.807) is 0 Å². The average Bonchev–Trinajstić information content (AvgIpc) is 2.40. The number of likely N-dealkylation sites (tertiary alicyclic amines) is 1. The predicted molar refractivity (Wildman–Crippen MR) is 45.6 cm³/mol. The van der Waals surface area contributed by atoms with E-state index in [4.69, 9.17) is 0 Å². The first-order valence-corrected chi connectivity index (χ1v) is 4.38. The van der Waals surface area contributed by atoms with Crippen molar-refractivity contribution in [1.29, 1.82) is 0 Å². The van der Waals surface area contributed by atoms with Crippen LogP contribution in [0.1, 0.15) is 12.8 Å². The van der Waals surface area contributed by atoms with Crippen molar-refractivity contribution in [2.24, 2.45) is 0 Å². The minimum Gasteiger partial charge on any atom is -0.390 e. The molecule has 1 rings (SSSR count). The Morgan fingerprint density at radius 3 is 2.64 bits per heavy atom. The third-order valence-electron chi connectivity index (χ3n) is 2.11. The summed E-state index contributed by atoms with van der Waals surface area (Å²) in [6.45, 7) is 3.87. The van der Waals surface area contributed by atoms with Gasteiger partial charge < -0.3 is 15.3 Å². The molecule has 3 nitrogen and oxygen atoms in total. The largest absolute Gasteiger partial charge is 0.390 e. The molecule has 3 heteroatoms. The summed E-state index contributed by atoms with van der Waals surface area (Å²) in [5.74, 6) is 0. The van der Waals surface area contributed by atoms with Crippen molar-refractivity contribution in [2.45, 2.75) is 18.9 Å². The highest BCUT2D eigenvalue weighted by Crippen LogP contribution is 2.06. The minimum absolute atomic E-state index is 0.196. The molecule has 0 radical (unpaired) electrons. The number of aliphatic hydroxyl groups is 1. The molecule has 11 heavy (non-hydrogen) atoms. The summed E-state index contributed by atoms with van der Waals surface area (Å²) in [6, 6.07) is 0. The van der Waals surface area contributed by atoms with E-state index in [0.717, 1.165) is 6.54 Å². The first kappa shape index (κ1) is 8.97. The van der Waals surface area contributed by atoms with Crippen LogP contribution >= 0.6 is 0 Å². The molecule has 0 aromatic carbocycles. The zero-order valence-corrected chi connectivity index (χ0v) is 7.21. The molecule has 2 N–H and O–H groups in total. The second-order valence-corrected chi connectivity index (χ2v) is 3.22. The van der Waals surface area contributed by atoms with Gasteiger partial charge in [0.1, 0.15) is 0 Å². The van der Waals surface area contributed by atoms with Crippen LogP contribution in [0.5, 0.6) is 0 Å². The Bertz CT molecular complexity index is 102. The fourth-order valence-electron chi connectivity index (χ4n) is 1.56. The van der Waals surface area contributed by atoms with Crippen LogP contribution in [0.25, 0.3) is 0 Å². The molecule has 0 aliphatic carbocycles. The number of aliphatic hydroxyl groups excluding tert-OH is 1. The smallest absolute Gasteiger partial charge is 0.0791 e. The molecular weight excluding hydrogens is 140 g/mol. The molecule has 1 saturated heterocycles. The van der Waals surface area contributed by atoms with E-state index in [0.29, 0.717) is 6.54 Å². The molecule has 1 atom stereocenters. The van der Waals surface area contributed by atoms with Gasteiger partial charge in [0.05, 0.1) is 6.10 Å². The van der Waals surface area contributed by atoms with E-state index < -0.39 is 0 Å². The fourth-order valence-corrected chi connectivity index (χ4v) is 1.56. The van der Waals surface area contributed by atoms with Gasteiger partial charge in [0.2, 0.25) is 0 Å². The molecule has 0 bridgehead atoms. The first-order valence-electron chi connectivity index (χ1n) is 4.38. The molecule has 0 amide bonds. The molecule has 0 saturated carbocycles. The van der Waals surface area contributed by atoms with Crippen LogP contribution in [0, 0.1) is 0 Å². The van der Waals surface area contributed by atoms with Crippen molar-refractivity contribution in [2.75, 3.05) is 33.2 Å². The molecule has 1 heterocycles. The van der Waals surface area contributed by atoms with Gasteiger partial charge in [-0.2, -0.15) is 0 Å². The third kappa shape index (κ3) is 3.18. The number of β-amino-alcohol motifs (C(OH)–C–C–N with tert-alkyl or cyclic N) is 1. The number of nitrogens with one attached hydrogen (secondary N) is 1. The third-order valence-corrected chi connectivity index (χ3v) is 2.11. The lowest BCUT2D eigenvalue weighted by Gasteiger charge is -2.18. The van der Waals surface area contributed by atoms with Crippen LogP contribution in [0.2, 0.25) is 0 Å². The van der Waals surface area contributed by atoms with E-state index >= 15 is 0 Å². The summed E-state index contributed by atoms with van der Waals surface area (Å²) in [6.07, 6.45) is 2.40. The normalized spacial score (nSPS) is 22.4. The second kappa shape index (κ2) is 4.70. The average molecular weight is 158 g/mol. The molecule has 1 fully saturated rings. The van der Waals surface area contributed by atoms with Crippen LogP contribution in [0.4, 0.5) is 0 Å². The Labute approximate surface area is 68.4 Å². The van der Waals surface area contributed by atoms with Gasteiger partial charge in [0.25, 0.3) is 0 Å². The number of hydrogen-bond acceptors (Lipinski definition) is 3. The fraction of sp³-hybridized carbons (Fsp3) is 1.00. The topological polar surface area (TPSA) is 35.5 Å². The Morgan fingerprint density at radius 1 is 1.45 bits per heavy atom. The minimum atomic E-state index is -0.196. The van der Waals surface area contributed by atoms with Crippen LogP contribution < -0.4 is 5.32 Å². The van der Waals surface area contributed by atoms with Gasteiger partial charge in [-0.1, -0.05) is 0 Å². The molecule has 66 valence electrons. The van der Waals surface area contributed by atoms with Crippen LogP contribution in [0.3, 0.4) is 0 Å². The van der Waals surface area contributed by atoms with Gasteiger partial charge in [0.15, 0.2) is 0 Å². The number of rotatable bonds is 4. The SMILES string of the molecule is CNCC(O)CN1CCCC1. The van der Waals surface area contributed by atoms with Crippen molar-refractivity contribution in [3.63, 3.8) is 0 Å². The van der Waals surface area contributed by atoms with E-state index in [1.165, 1.54) is 25.9 Å². The number of likely N-dealkylation sites (N-methyl/N-ethyl adjacent to an activating group) is 1. The van der Waals surface area contributed by atoms with Crippen molar-refractivity contribution < 1.29 is 5.11 Å². The number of hydrogen-bond donors (Lipinski definition) is 2. The summed E-state index contributed by atoms with van der Waals surface area (Å²) in [7, 11) is 1.87. The monoisotopic (exact) mass is 158 g/mol. The molecule has 0 aromatic heterocycles. The Kier molecular flexibility index (Phi) is 3.83. The molecule has 1 aliphatic heterocycles. The Balaban J connectivity index is 2.08. The quantitative estimate of drug-likeness (QED) is 0.587. The highest BCUT2D eigenvalue weighted by molar-refractivity contribution is 4.70. The highest BCUT2D eigenvalue weighted by atomic mass is 16.3. The predicted octanol–water partition coefficient (Wildman–Crippen LogP) is -0.338. The molecule has 0 spiro atoms. The first-order chi connectivity index (χ1) is 5.33. The van der Waals surface area contributed by atoms with Gasteiger partial charge in [-0.15, -0.1) is 0 Å². The molecular formula is C8H18N2O. The van der Waals surface area contributed by atoms with Crippen molar-refractivity contribution in [3.05, 3.63) is 0 Å². The molecule has 0 aromatic rings. The lowest BCUT2D eigenvalue weighted by molar-refractivity contribution is 0.125. The maximum absolute atomic E-state index is 9.41. The summed E-state index contributed by atoms with van der Waals surface area (Å²) in [5.41, 5.74) is 0. The zero-order valence-electron chi connectivity index (χ0n) is 7.21. The van der Waals surface area contributed by atoms with Crippen molar-refractivity contribution in [3.8, 4) is 0 Å². The van der Waals surface area contributed by atoms with Gasteiger partial charge in [-0.05, 0) is 33.0 Å². The van der Waals surface area contributed by atoms with Gasteiger partial charge >= 0.3 is 0 Å². The standard InChI is InChI=1S/C8H18N2O/c1-9-6-8(11)7-10-4-2-3-5-10/h8-9,11H,2-7H2,1H3. The summed E-state index contributed by atoms with van der Waals surface area (Å²) >= 11 is 0. The maximum Gasteiger partial charge on any atom is 0.0791 e. The van der Waals surface area contributed by atoms with Gasteiger partial charge in [0, 0.05) is 13.1 Å². The van der Waals surface area contributed by atoms with E-state index in [2.05, 4.69) is 10.2 Å². The Hall–Kier alpha value is -0.120. The number of nitrogens with zero attached hydrogens (tertiary/aromatic N) is 1. The highest BCUT2D eigenvalue weighted by Gasteiger charge is 2.14. The summed E-state index contributed by atoms with van der Waals surface area (Å²) < 4.78 is 0. The second-order valence-electron chi connectivity index (χ2n) is 3.22. The molecule has 1 aliphatic rings. The van der Waals surface area contributed by atoms with E-state index in [1.807, 2.05) is 7.05 Å². The lowest BCUT2D eigenvalue weighted by Crippen LogP contribution is -2.35. The van der Waals surface area contributed by atoms with Crippen molar-refractivity contribution >= 4 is 0 Å². The van der Waals surface area contributed by atoms with E-state index in [-0.39, 0.29) is 6.10 Å². The van der Waals surface area contributed by atoms with E-state index in [9.17, 15) is 5.11 Å². The molecule has 1 unspecified atom stereocenters. The van der Waals surface area contributed by atoms with Gasteiger partial charge in [-0.3, -0.25) is 0 Å². The van der Waals surface area contributed by atoms with Crippen LogP contribution in [-0.4, -0.2) is 49.3 Å². The lowest BCUT2D eigenvalue weighted by atomic mass is 10.3. The van der Waals surface area contributed by atoms with Crippen LogP contribution in [-0.2, 0) is 0 Å². The Morgan fingerprint density at radius 2 is 2.09 bits per heavy atom. The summed E-state index contributed by atoms with van der Waals surface area (Å²) in [4.78, 5) is 2.32. The maximum atomic E-state index is 9.41. The van der Waals surface area contributed by atoms with Crippen LogP contribution in [0.15, 0.2) is 0 Å². The summed E-state index contributed by atoms with van der Waals surface area (Å²) in [5, 5.41) is 12.4. The van der Waals surface area contributed by atoms with Gasteiger partial charge in [-0.25, -0.2) is 0 Å². The van der Waals surface area contributed by atoms with Crippen molar-refractivity contribution in [1.82, 2.24) is 10.2 Å². The zero-order chi connectivity index (χ0) is 8.10.